The highest BCUT2D eigenvalue weighted by molar-refractivity contribution is 5.76. The van der Waals surface area contributed by atoms with Crippen LogP contribution in [0.3, 0.4) is 0 Å². The summed E-state index contributed by atoms with van der Waals surface area (Å²) in [4.78, 5) is 24.3. The molecule has 0 aliphatic rings. The summed E-state index contributed by atoms with van der Waals surface area (Å²) in [6, 6.07) is -0.671. The van der Waals surface area contributed by atoms with E-state index in [0.29, 0.717) is 25.9 Å². The molecule has 0 aromatic carbocycles. The largest absolute Gasteiger partial charge is 0.466 e. The minimum Gasteiger partial charge on any atom is -0.466 e. The number of hydrogen-bond donors (Lipinski definition) is 3. The third-order valence-corrected chi connectivity index (χ3v) is 10.3. The Morgan fingerprint density at radius 2 is 0.927 bits per heavy atom. The van der Waals surface area contributed by atoms with Gasteiger partial charge in [0, 0.05) is 12.8 Å². The van der Waals surface area contributed by atoms with E-state index in [1.807, 2.05) is 12.2 Å². The van der Waals surface area contributed by atoms with E-state index >= 15 is 0 Å². The summed E-state index contributed by atoms with van der Waals surface area (Å²) in [6.45, 7) is 4.79. The first kappa shape index (κ1) is 52.8. The van der Waals surface area contributed by atoms with Gasteiger partial charge in [0.1, 0.15) is 0 Å². The molecule has 0 radical (unpaired) electrons. The van der Waals surface area contributed by atoms with Crippen LogP contribution < -0.4 is 5.32 Å². The molecule has 2 atom stereocenters. The minimum atomic E-state index is -0.878. The van der Waals surface area contributed by atoms with E-state index in [9.17, 15) is 19.8 Å². The van der Waals surface area contributed by atoms with Crippen molar-refractivity contribution in [3.05, 3.63) is 48.6 Å². The summed E-state index contributed by atoms with van der Waals surface area (Å²) in [5, 5.41) is 22.8. The molecule has 3 N–H and O–H groups in total. The SMILES string of the molecule is CCCCCCC/C=C\CCCCCCCC(=O)OCCCCCCCC/C=C\C/C=C\CCC(=O)NC(CO)C(O)/C=C/CCCCCCCCCCC. The maximum atomic E-state index is 12.3. The number of rotatable bonds is 42. The van der Waals surface area contributed by atoms with E-state index in [4.69, 9.17) is 4.74 Å². The van der Waals surface area contributed by atoms with Gasteiger partial charge in [0.2, 0.25) is 5.91 Å². The first-order valence-electron chi connectivity index (χ1n) is 23.4. The molecular weight excluding hydrogens is 683 g/mol. The normalized spacial score (nSPS) is 13.2. The van der Waals surface area contributed by atoms with Gasteiger partial charge >= 0.3 is 5.97 Å². The average Bonchev–Trinajstić information content (AvgIpc) is 3.18. The van der Waals surface area contributed by atoms with E-state index in [0.717, 1.165) is 51.4 Å². The van der Waals surface area contributed by atoms with Gasteiger partial charge in [0.15, 0.2) is 0 Å². The summed E-state index contributed by atoms with van der Waals surface area (Å²) in [5.74, 6) is -0.181. The number of aliphatic hydroxyl groups is 2. The highest BCUT2D eigenvalue weighted by atomic mass is 16.5. The van der Waals surface area contributed by atoms with Crippen LogP contribution in [-0.4, -0.2) is 47.4 Å². The molecule has 0 aromatic heterocycles. The van der Waals surface area contributed by atoms with Crippen LogP contribution in [0, 0.1) is 0 Å². The molecule has 0 rings (SSSR count). The first-order chi connectivity index (χ1) is 27.0. The van der Waals surface area contributed by atoms with Crippen LogP contribution in [0.1, 0.15) is 226 Å². The van der Waals surface area contributed by atoms with Crippen LogP contribution in [0.4, 0.5) is 0 Å². The van der Waals surface area contributed by atoms with Gasteiger partial charge in [-0.15, -0.1) is 0 Å². The average molecular weight is 772 g/mol. The Labute approximate surface area is 340 Å². The first-order valence-corrected chi connectivity index (χ1v) is 23.4. The summed E-state index contributed by atoms with van der Waals surface area (Å²) in [7, 11) is 0. The van der Waals surface area contributed by atoms with Gasteiger partial charge in [-0.05, 0) is 77.0 Å². The lowest BCUT2D eigenvalue weighted by molar-refractivity contribution is -0.143. The zero-order chi connectivity index (χ0) is 40.1. The molecule has 0 bridgehead atoms. The number of amides is 1. The van der Waals surface area contributed by atoms with Crippen molar-refractivity contribution in [1.82, 2.24) is 5.32 Å². The molecule has 0 aliphatic heterocycles. The Morgan fingerprint density at radius 1 is 0.509 bits per heavy atom. The maximum absolute atomic E-state index is 12.3. The molecular formula is C49H89NO5. The predicted molar refractivity (Wildman–Crippen MR) is 236 cm³/mol. The standard InChI is InChI=1S/C49H89NO5/c1-3-5-7-9-11-13-15-16-19-23-27-31-35-39-43-49(54)55-44-40-36-32-28-24-20-17-18-22-26-30-34-38-42-48(53)50-46(45-51)47(52)41-37-33-29-25-21-14-12-10-8-6-4-2/h15-16,18,22,30,34,37,41,46-47,51-52H,3-14,17,19-21,23-29,31-33,35-36,38-40,42-45H2,1-2H3,(H,50,53)/b16-15-,22-18-,34-30-,41-37+. The van der Waals surface area contributed by atoms with Crippen molar-refractivity contribution < 1.29 is 24.5 Å². The quantitative estimate of drug-likeness (QED) is 0.0326. The van der Waals surface area contributed by atoms with Gasteiger partial charge in [-0.3, -0.25) is 9.59 Å². The smallest absolute Gasteiger partial charge is 0.305 e. The van der Waals surface area contributed by atoms with E-state index in [2.05, 4.69) is 49.5 Å². The number of nitrogens with one attached hydrogen (secondary N) is 1. The monoisotopic (exact) mass is 772 g/mol. The topological polar surface area (TPSA) is 95.9 Å². The number of hydrogen-bond acceptors (Lipinski definition) is 5. The van der Waals surface area contributed by atoms with Crippen molar-refractivity contribution >= 4 is 11.9 Å². The van der Waals surface area contributed by atoms with Gasteiger partial charge in [0.25, 0.3) is 0 Å². The summed E-state index contributed by atoms with van der Waals surface area (Å²) < 4.78 is 5.43. The molecule has 55 heavy (non-hydrogen) atoms. The molecule has 6 heteroatoms. The Hall–Kier alpha value is -2.18. The highest BCUT2D eigenvalue weighted by Crippen LogP contribution is 2.13. The second kappa shape index (κ2) is 44.5. The van der Waals surface area contributed by atoms with Crippen molar-refractivity contribution in [3.63, 3.8) is 0 Å². The molecule has 0 fully saturated rings. The fourth-order valence-corrected chi connectivity index (χ4v) is 6.67. The van der Waals surface area contributed by atoms with Crippen LogP contribution in [0.15, 0.2) is 48.6 Å². The molecule has 0 saturated carbocycles. The van der Waals surface area contributed by atoms with Crippen molar-refractivity contribution in [2.75, 3.05) is 13.2 Å². The van der Waals surface area contributed by atoms with Gasteiger partial charge in [-0.25, -0.2) is 0 Å². The Balaban J connectivity index is 3.60. The summed E-state index contributed by atoms with van der Waals surface area (Å²) in [6.07, 6.45) is 54.0. The Kier molecular flexibility index (Phi) is 42.8. The lowest BCUT2D eigenvalue weighted by atomic mass is 10.1. The van der Waals surface area contributed by atoms with Crippen LogP contribution in [0.5, 0.6) is 0 Å². The third kappa shape index (κ3) is 41.3. The number of aliphatic hydroxyl groups excluding tert-OH is 2. The zero-order valence-corrected chi connectivity index (χ0v) is 36.1. The molecule has 0 heterocycles. The molecule has 0 aliphatic carbocycles. The van der Waals surface area contributed by atoms with Crippen LogP contribution in [0.2, 0.25) is 0 Å². The molecule has 0 aromatic rings. The Bertz CT molecular complexity index is 942. The van der Waals surface area contributed by atoms with Crippen molar-refractivity contribution in [3.8, 4) is 0 Å². The second-order valence-electron chi connectivity index (χ2n) is 15.7. The van der Waals surface area contributed by atoms with E-state index in [1.54, 1.807) is 6.08 Å². The molecule has 0 spiro atoms. The van der Waals surface area contributed by atoms with Gasteiger partial charge in [0.05, 0.1) is 25.4 Å². The van der Waals surface area contributed by atoms with Crippen LogP contribution in [0.25, 0.3) is 0 Å². The van der Waals surface area contributed by atoms with Crippen molar-refractivity contribution in [2.45, 2.75) is 238 Å². The number of unbranched alkanes of at least 4 members (excludes halogenated alkanes) is 25. The maximum Gasteiger partial charge on any atom is 0.305 e. The van der Waals surface area contributed by atoms with Crippen LogP contribution >= 0.6 is 0 Å². The third-order valence-electron chi connectivity index (χ3n) is 10.3. The van der Waals surface area contributed by atoms with E-state index in [-0.39, 0.29) is 18.5 Å². The van der Waals surface area contributed by atoms with E-state index in [1.165, 1.54) is 141 Å². The van der Waals surface area contributed by atoms with Crippen molar-refractivity contribution in [2.24, 2.45) is 0 Å². The van der Waals surface area contributed by atoms with Crippen molar-refractivity contribution in [1.29, 1.82) is 0 Å². The molecule has 1 amide bonds. The second-order valence-corrected chi connectivity index (χ2v) is 15.7. The lowest BCUT2D eigenvalue weighted by Gasteiger charge is -2.19. The number of carbonyl (C=O) groups is 2. The zero-order valence-electron chi connectivity index (χ0n) is 36.1. The van der Waals surface area contributed by atoms with E-state index < -0.39 is 12.1 Å². The van der Waals surface area contributed by atoms with Crippen LogP contribution in [-0.2, 0) is 14.3 Å². The molecule has 0 saturated heterocycles. The number of esters is 1. The molecule has 320 valence electrons. The van der Waals surface area contributed by atoms with Gasteiger partial charge in [-0.1, -0.05) is 184 Å². The fourth-order valence-electron chi connectivity index (χ4n) is 6.67. The number of ether oxygens (including phenoxy) is 1. The lowest BCUT2D eigenvalue weighted by Crippen LogP contribution is -2.45. The number of allylic oxidation sites excluding steroid dienone is 7. The molecule has 6 nitrogen and oxygen atoms in total. The summed E-state index contributed by atoms with van der Waals surface area (Å²) >= 11 is 0. The fraction of sp³-hybridized carbons (Fsp3) is 0.796. The van der Waals surface area contributed by atoms with Gasteiger partial charge in [-0.2, -0.15) is 0 Å². The highest BCUT2D eigenvalue weighted by Gasteiger charge is 2.17. The van der Waals surface area contributed by atoms with Gasteiger partial charge < -0.3 is 20.3 Å². The minimum absolute atomic E-state index is 0.0285. The summed E-state index contributed by atoms with van der Waals surface area (Å²) in [5.41, 5.74) is 0. The Morgan fingerprint density at radius 3 is 1.44 bits per heavy atom. The molecule has 2 unspecified atom stereocenters. The predicted octanol–water partition coefficient (Wildman–Crippen LogP) is 13.5. The number of carbonyl (C=O) groups excluding carboxylic acids is 2.